The van der Waals surface area contributed by atoms with Crippen LogP contribution in [0.3, 0.4) is 0 Å². The van der Waals surface area contributed by atoms with Gasteiger partial charge in [0.05, 0.1) is 0 Å². The third-order valence-corrected chi connectivity index (χ3v) is 3.43. The Labute approximate surface area is 104 Å². The largest absolute Gasteiger partial charge is 0.381 e. The van der Waals surface area contributed by atoms with E-state index in [2.05, 4.69) is 12.2 Å². The Kier molecular flexibility index (Phi) is 7.21. The van der Waals surface area contributed by atoms with E-state index in [1.54, 1.807) is 0 Å². The van der Waals surface area contributed by atoms with Crippen molar-refractivity contribution in [2.45, 2.75) is 39.0 Å². The van der Waals surface area contributed by atoms with Gasteiger partial charge in [0, 0.05) is 25.7 Å². The Morgan fingerprint density at radius 3 is 2.71 bits per heavy atom. The van der Waals surface area contributed by atoms with E-state index < -0.39 is 0 Å². The maximum Gasteiger partial charge on any atom is 0.223 e. The van der Waals surface area contributed by atoms with Gasteiger partial charge in [0.2, 0.25) is 5.91 Å². The number of hydrogen-bond donors (Lipinski definition) is 2. The first-order valence-corrected chi connectivity index (χ1v) is 6.83. The van der Waals surface area contributed by atoms with Crippen LogP contribution in [0.15, 0.2) is 0 Å². The van der Waals surface area contributed by atoms with E-state index in [1.165, 1.54) is 0 Å². The maximum atomic E-state index is 11.9. The minimum absolute atomic E-state index is 0.156. The number of rotatable bonds is 7. The monoisotopic (exact) mass is 242 g/mol. The summed E-state index contributed by atoms with van der Waals surface area (Å²) in [5.74, 6) is 0.893. The van der Waals surface area contributed by atoms with Gasteiger partial charge in [-0.15, -0.1) is 0 Å². The van der Waals surface area contributed by atoms with Crippen LogP contribution in [0.1, 0.15) is 39.0 Å². The van der Waals surface area contributed by atoms with Gasteiger partial charge < -0.3 is 15.8 Å². The average molecular weight is 242 g/mol. The van der Waals surface area contributed by atoms with Crippen molar-refractivity contribution in [1.29, 1.82) is 0 Å². The number of nitrogens with two attached hydrogens (primary N) is 1. The zero-order chi connectivity index (χ0) is 12.5. The predicted octanol–water partition coefficient (Wildman–Crippen LogP) is 1.29. The van der Waals surface area contributed by atoms with Crippen LogP contribution >= 0.6 is 0 Å². The Morgan fingerprint density at radius 2 is 2.12 bits per heavy atom. The lowest BCUT2D eigenvalue weighted by atomic mass is 9.97. The van der Waals surface area contributed by atoms with Crippen molar-refractivity contribution in [1.82, 2.24) is 5.32 Å². The third kappa shape index (κ3) is 5.50. The molecule has 17 heavy (non-hydrogen) atoms. The van der Waals surface area contributed by atoms with Crippen LogP contribution in [-0.2, 0) is 9.53 Å². The summed E-state index contributed by atoms with van der Waals surface area (Å²) in [4.78, 5) is 11.9. The van der Waals surface area contributed by atoms with Crippen LogP contribution in [0.4, 0.5) is 0 Å². The second-order valence-electron chi connectivity index (χ2n) is 4.86. The van der Waals surface area contributed by atoms with Gasteiger partial charge in [0.1, 0.15) is 0 Å². The van der Waals surface area contributed by atoms with Crippen molar-refractivity contribution >= 4 is 5.91 Å². The molecular formula is C13H26N2O2. The molecule has 0 radical (unpaired) electrons. The van der Waals surface area contributed by atoms with E-state index in [0.29, 0.717) is 12.5 Å². The number of carbonyl (C=O) groups is 1. The lowest BCUT2D eigenvalue weighted by Gasteiger charge is -2.23. The quantitative estimate of drug-likeness (QED) is 0.707. The van der Waals surface area contributed by atoms with Gasteiger partial charge in [0.25, 0.3) is 0 Å². The zero-order valence-electron chi connectivity index (χ0n) is 10.9. The van der Waals surface area contributed by atoms with Gasteiger partial charge in [-0.2, -0.15) is 0 Å². The summed E-state index contributed by atoms with van der Waals surface area (Å²) in [7, 11) is 0. The number of ether oxygens (including phenoxy) is 1. The van der Waals surface area contributed by atoms with Crippen molar-refractivity contribution in [2.75, 3.05) is 26.3 Å². The van der Waals surface area contributed by atoms with E-state index >= 15 is 0 Å². The molecule has 4 nitrogen and oxygen atoms in total. The number of nitrogens with one attached hydrogen (secondary N) is 1. The molecule has 1 heterocycles. The standard InChI is InChI=1S/C13H26N2O2/c1-2-3-11(4-7-14)10-15-13(16)12-5-8-17-9-6-12/h11-12H,2-10,14H2,1H3,(H,15,16). The van der Waals surface area contributed by atoms with E-state index in [-0.39, 0.29) is 11.8 Å². The lowest BCUT2D eigenvalue weighted by Crippen LogP contribution is -2.37. The number of carbonyl (C=O) groups excluding carboxylic acids is 1. The summed E-state index contributed by atoms with van der Waals surface area (Å²) in [6, 6.07) is 0. The van der Waals surface area contributed by atoms with Crippen molar-refractivity contribution < 1.29 is 9.53 Å². The average Bonchev–Trinajstić information content (AvgIpc) is 2.37. The topological polar surface area (TPSA) is 64.3 Å². The number of amides is 1. The Hall–Kier alpha value is -0.610. The molecule has 1 aliphatic heterocycles. The first-order valence-electron chi connectivity index (χ1n) is 6.83. The minimum atomic E-state index is 0.156. The molecule has 4 heteroatoms. The highest BCUT2D eigenvalue weighted by Gasteiger charge is 2.21. The van der Waals surface area contributed by atoms with Crippen LogP contribution in [-0.4, -0.2) is 32.2 Å². The van der Waals surface area contributed by atoms with Gasteiger partial charge in [-0.05, 0) is 38.1 Å². The van der Waals surface area contributed by atoms with E-state index in [0.717, 1.165) is 51.9 Å². The SMILES string of the molecule is CCCC(CCN)CNC(=O)C1CCOCC1. The van der Waals surface area contributed by atoms with Crippen molar-refractivity contribution in [3.05, 3.63) is 0 Å². The van der Waals surface area contributed by atoms with Gasteiger partial charge in [0.15, 0.2) is 0 Å². The van der Waals surface area contributed by atoms with Crippen LogP contribution in [0, 0.1) is 11.8 Å². The molecule has 1 atom stereocenters. The predicted molar refractivity (Wildman–Crippen MR) is 68.6 cm³/mol. The highest BCUT2D eigenvalue weighted by Crippen LogP contribution is 2.15. The van der Waals surface area contributed by atoms with Crippen molar-refractivity contribution in [3.8, 4) is 0 Å². The molecule has 1 unspecified atom stereocenters. The molecule has 3 N–H and O–H groups in total. The van der Waals surface area contributed by atoms with E-state index in [9.17, 15) is 4.79 Å². The number of hydrogen-bond acceptors (Lipinski definition) is 3. The van der Waals surface area contributed by atoms with Crippen molar-refractivity contribution in [2.24, 2.45) is 17.6 Å². The summed E-state index contributed by atoms with van der Waals surface area (Å²) >= 11 is 0. The zero-order valence-corrected chi connectivity index (χ0v) is 10.9. The molecule has 1 aliphatic rings. The second-order valence-corrected chi connectivity index (χ2v) is 4.86. The second kappa shape index (κ2) is 8.48. The molecule has 0 aromatic heterocycles. The minimum Gasteiger partial charge on any atom is -0.381 e. The molecule has 0 aromatic carbocycles. The van der Waals surface area contributed by atoms with Crippen LogP contribution in [0.25, 0.3) is 0 Å². The highest BCUT2D eigenvalue weighted by molar-refractivity contribution is 5.78. The Bertz CT molecular complexity index is 209. The van der Waals surface area contributed by atoms with Gasteiger partial charge in [-0.3, -0.25) is 4.79 Å². The third-order valence-electron chi connectivity index (χ3n) is 3.43. The van der Waals surface area contributed by atoms with Gasteiger partial charge in [-0.25, -0.2) is 0 Å². The molecule has 1 saturated heterocycles. The van der Waals surface area contributed by atoms with Crippen LogP contribution in [0.5, 0.6) is 0 Å². The molecule has 1 amide bonds. The Morgan fingerprint density at radius 1 is 1.41 bits per heavy atom. The molecule has 1 rings (SSSR count). The van der Waals surface area contributed by atoms with Crippen LogP contribution in [0.2, 0.25) is 0 Å². The van der Waals surface area contributed by atoms with E-state index in [1.807, 2.05) is 0 Å². The summed E-state index contributed by atoms with van der Waals surface area (Å²) in [6.07, 6.45) is 5.02. The smallest absolute Gasteiger partial charge is 0.223 e. The normalized spacial score (nSPS) is 18.9. The molecule has 100 valence electrons. The summed E-state index contributed by atoms with van der Waals surface area (Å²) in [5, 5.41) is 3.07. The maximum absolute atomic E-state index is 11.9. The molecule has 0 aliphatic carbocycles. The molecule has 0 aromatic rings. The van der Waals surface area contributed by atoms with Crippen LogP contribution < -0.4 is 11.1 Å². The van der Waals surface area contributed by atoms with E-state index in [4.69, 9.17) is 10.5 Å². The fourth-order valence-electron chi connectivity index (χ4n) is 2.34. The Balaban J connectivity index is 2.24. The van der Waals surface area contributed by atoms with Gasteiger partial charge >= 0.3 is 0 Å². The first kappa shape index (κ1) is 14.5. The lowest BCUT2D eigenvalue weighted by molar-refractivity contribution is -0.128. The fraction of sp³-hybridized carbons (Fsp3) is 0.923. The molecular weight excluding hydrogens is 216 g/mol. The summed E-state index contributed by atoms with van der Waals surface area (Å²) < 4.78 is 5.26. The first-order chi connectivity index (χ1) is 8.27. The molecule has 0 saturated carbocycles. The molecule has 0 bridgehead atoms. The summed E-state index contributed by atoms with van der Waals surface area (Å²) in [5.41, 5.74) is 5.58. The molecule has 0 spiro atoms. The molecule has 1 fully saturated rings. The summed E-state index contributed by atoms with van der Waals surface area (Å²) in [6.45, 7) is 5.10. The van der Waals surface area contributed by atoms with Gasteiger partial charge in [-0.1, -0.05) is 13.3 Å². The van der Waals surface area contributed by atoms with Crippen molar-refractivity contribution in [3.63, 3.8) is 0 Å². The fourth-order valence-corrected chi connectivity index (χ4v) is 2.34. The highest BCUT2D eigenvalue weighted by atomic mass is 16.5.